The molecule has 0 unspecified atom stereocenters. The molecule has 1 aliphatic rings. The third kappa shape index (κ3) is 2.09. The van der Waals surface area contributed by atoms with E-state index in [2.05, 4.69) is 5.43 Å². The zero-order chi connectivity index (χ0) is 14.1. The summed E-state index contributed by atoms with van der Waals surface area (Å²) in [4.78, 5) is 4.78. The topological polar surface area (TPSA) is 60.2 Å². The van der Waals surface area contributed by atoms with Gasteiger partial charge in [0.2, 0.25) is 0 Å². The Morgan fingerprint density at radius 3 is 2.80 bits per heavy atom. The number of pyridine rings is 1. The van der Waals surface area contributed by atoms with Crippen LogP contribution in [-0.4, -0.2) is 12.1 Å². The number of nitrogens with two attached hydrogens (primary N) is 1. The quantitative estimate of drug-likeness (QED) is 0.505. The molecule has 0 aliphatic heterocycles. The molecule has 0 saturated heterocycles. The highest BCUT2D eigenvalue weighted by molar-refractivity contribution is 6.35. The lowest BCUT2D eigenvalue weighted by Gasteiger charge is -2.17. The fourth-order valence-corrected chi connectivity index (χ4v) is 3.17. The van der Waals surface area contributed by atoms with E-state index in [1.807, 2.05) is 12.1 Å². The maximum Gasteiger partial charge on any atom is 0.130 e. The molecular weight excluding hydrogens is 274 g/mol. The molecule has 20 heavy (non-hydrogen) atoms. The van der Waals surface area contributed by atoms with Gasteiger partial charge < -0.3 is 10.2 Å². The first kappa shape index (κ1) is 13.5. The standard InChI is InChI=1S/C15H18ClN3O/c1-20-12-8-7-10(16)15-13(12)14(19-17)9-5-3-2-4-6-11(9)18-15/h7-8H,2-6,17H2,1H3,(H,18,19). The van der Waals surface area contributed by atoms with Crippen LogP contribution in [0.2, 0.25) is 5.02 Å². The minimum atomic E-state index is 0.629. The molecule has 106 valence electrons. The summed E-state index contributed by atoms with van der Waals surface area (Å²) in [6.45, 7) is 0. The lowest BCUT2D eigenvalue weighted by atomic mass is 10.0. The molecule has 1 aliphatic carbocycles. The lowest BCUT2D eigenvalue weighted by Crippen LogP contribution is -2.13. The second-order valence-electron chi connectivity index (χ2n) is 5.09. The number of halogens is 1. The molecule has 3 rings (SSSR count). The van der Waals surface area contributed by atoms with Gasteiger partial charge in [-0.1, -0.05) is 18.0 Å². The van der Waals surface area contributed by atoms with Gasteiger partial charge in [-0.3, -0.25) is 10.8 Å². The highest BCUT2D eigenvalue weighted by Crippen LogP contribution is 2.39. The molecule has 1 aromatic heterocycles. The van der Waals surface area contributed by atoms with E-state index in [4.69, 9.17) is 27.2 Å². The summed E-state index contributed by atoms with van der Waals surface area (Å²) < 4.78 is 5.45. The zero-order valence-corrected chi connectivity index (χ0v) is 12.3. The highest BCUT2D eigenvalue weighted by Gasteiger charge is 2.20. The van der Waals surface area contributed by atoms with E-state index in [1.165, 1.54) is 12.0 Å². The van der Waals surface area contributed by atoms with E-state index in [0.717, 1.165) is 53.7 Å². The summed E-state index contributed by atoms with van der Waals surface area (Å²) in [5.74, 6) is 6.54. The summed E-state index contributed by atoms with van der Waals surface area (Å²) in [6, 6.07) is 3.68. The van der Waals surface area contributed by atoms with E-state index in [9.17, 15) is 0 Å². The highest BCUT2D eigenvalue weighted by atomic mass is 35.5. The number of hydrazine groups is 1. The number of benzene rings is 1. The van der Waals surface area contributed by atoms with Crippen LogP contribution < -0.4 is 16.0 Å². The van der Waals surface area contributed by atoms with Crippen LogP contribution in [0.4, 0.5) is 5.69 Å². The molecule has 0 bridgehead atoms. The van der Waals surface area contributed by atoms with Crippen molar-refractivity contribution < 1.29 is 4.74 Å². The van der Waals surface area contributed by atoms with Gasteiger partial charge in [-0.2, -0.15) is 0 Å². The molecule has 0 atom stereocenters. The van der Waals surface area contributed by atoms with Crippen molar-refractivity contribution in [1.82, 2.24) is 4.98 Å². The van der Waals surface area contributed by atoms with Crippen molar-refractivity contribution in [2.75, 3.05) is 12.5 Å². The Morgan fingerprint density at radius 2 is 2.05 bits per heavy atom. The third-order valence-corrected chi connectivity index (χ3v) is 4.25. The maximum absolute atomic E-state index is 6.31. The number of hydrogen-bond donors (Lipinski definition) is 2. The van der Waals surface area contributed by atoms with Crippen molar-refractivity contribution in [3.8, 4) is 5.75 Å². The van der Waals surface area contributed by atoms with Gasteiger partial charge in [0.05, 0.1) is 28.7 Å². The normalized spacial score (nSPS) is 14.8. The molecule has 1 heterocycles. The smallest absolute Gasteiger partial charge is 0.130 e. The summed E-state index contributed by atoms with van der Waals surface area (Å²) in [7, 11) is 1.65. The summed E-state index contributed by atoms with van der Waals surface area (Å²) >= 11 is 6.31. The molecule has 1 aromatic carbocycles. The second kappa shape index (κ2) is 5.46. The molecule has 3 N–H and O–H groups in total. The first-order valence-corrected chi connectivity index (χ1v) is 7.28. The predicted octanol–water partition coefficient (Wildman–Crippen LogP) is 3.45. The van der Waals surface area contributed by atoms with Gasteiger partial charge in [0, 0.05) is 5.69 Å². The van der Waals surface area contributed by atoms with Crippen LogP contribution in [-0.2, 0) is 12.8 Å². The van der Waals surface area contributed by atoms with E-state index >= 15 is 0 Å². The summed E-state index contributed by atoms with van der Waals surface area (Å²) in [6.07, 6.45) is 5.53. The van der Waals surface area contributed by atoms with E-state index in [-0.39, 0.29) is 0 Å². The van der Waals surface area contributed by atoms with Crippen LogP contribution in [0.1, 0.15) is 30.5 Å². The molecule has 0 radical (unpaired) electrons. The molecule has 0 fully saturated rings. The Kier molecular flexibility index (Phi) is 3.68. The number of fused-ring (bicyclic) bond motifs is 2. The van der Waals surface area contributed by atoms with Crippen LogP contribution in [0.5, 0.6) is 5.75 Å². The van der Waals surface area contributed by atoms with E-state index < -0.39 is 0 Å². The van der Waals surface area contributed by atoms with E-state index in [1.54, 1.807) is 7.11 Å². The van der Waals surface area contributed by atoms with Gasteiger partial charge in [-0.15, -0.1) is 0 Å². The number of anilines is 1. The fourth-order valence-electron chi connectivity index (χ4n) is 2.97. The monoisotopic (exact) mass is 291 g/mol. The summed E-state index contributed by atoms with van der Waals surface area (Å²) in [5, 5.41) is 1.51. The average molecular weight is 292 g/mol. The lowest BCUT2D eigenvalue weighted by molar-refractivity contribution is 0.420. The number of rotatable bonds is 2. The van der Waals surface area contributed by atoms with Crippen molar-refractivity contribution in [1.29, 1.82) is 0 Å². The Hall–Kier alpha value is -1.52. The maximum atomic E-state index is 6.31. The van der Waals surface area contributed by atoms with Crippen LogP contribution in [0.3, 0.4) is 0 Å². The molecule has 0 saturated carbocycles. The van der Waals surface area contributed by atoms with Crippen LogP contribution >= 0.6 is 11.6 Å². The number of aryl methyl sites for hydroxylation is 1. The SMILES string of the molecule is COc1ccc(Cl)c2nc3c(c(NN)c12)CCCCC3. The van der Waals surface area contributed by atoms with Crippen LogP contribution in [0.15, 0.2) is 12.1 Å². The van der Waals surface area contributed by atoms with Gasteiger partial charge in [0.15, 0.2) is 0 Å². The minimum Gasteiger partial charge on any atom is -0.496 e. The zero-order valence-electron chi connectivity index (χ0n) is 11.5. The fraction of sp³-hybridized carbons (Fsp3) is 0.400. The molecule has 5 heteroatoms. The molecule has 0 spiro atoms. The van der Waals surface area contributed by atoms with Crippen molar-refractivity contribution in [2.24, 2.45) is 5.84 Å². The predicted molar refractivity (Wildman–Crippen MR) is 82.4 cm³/mol. The second-order valence-corrected chi connectivity index (χ2v) is 5.50. The van der Waals surface area contributed by atoms with Gasteiger partial charge in [-0.05, 0) is 43.4 Å². The number of nitrogens with zero attached hydrogens (tertiary/aromatic N) is 1. The Bertz CT molecular complexity index is 657. The van der Waals surface area contributed by atoms with Crippen LogP contribution in [0, 0.1) is 0 Å². The molecule has 0 amide bonds. The third-order valence-electron chi connectivity index (χ3n) is 3.94. The molecule has 2 aromatic rings. The van der Waals surface area contributed by atoms with Gasteiger partial charge in [0.1, 0.15) is 5.75 Å². The Balaban J connectivity index is 2.39. The number of aromatic nitrogens is 1. The molecule has 4 nitrogen and oxygen atoms in total. The van der Waals surface area contributed by atoms with Gasteiger partial charge >= 0.3 is 0 Å². The Morgan fingerprint density at radius 1 is 1.25 bits per heavy atom. The first-order valence-electron chi connectivity index (χ1n) is 6.91. The largest absolute Gasteiger partial charge is 0.496 e. The number of methoxy groups -OCH3 is 1. The van der Waals surface area contributed by atoms with Crippen LogP contribution in [0.25, 0.3) is 10.9 Å². The van der Waals surface area contributed by atoms with Gasteiger partial charge in [0.25, 0.3) is 0 Å². The average Bonchev–Trinajstić information content (AvgIpc) is 2.71. The number of nitrogen functional groups attached to an aromatic ring is 1. The first-order chi connectivity index (χ1) is 9.76. The van der Waals surface area contributed by atoms with E-state index in [0.29, 0.717) is 5.02 Å². The Labute approximate surface area is 123 Å². The number of ether oxygens (including phenoxy) is 1. The number of hydrogen-bond acceptors (Lipinski definition) is 4. The van der Waals surface area contributed by atoms with Crippen molar-refractivity contribution in [2.45, 2.75) is 32.1 Å². The van der Waals surface area contributed by atoms with Crippen molar-refractivity contribution in [3.63, 3.8) is 0 Å². The number of nitrogens with one attached hydrogen (secondary N) is 1. The minimum absolute atomic E-state index is 0.629. The van der Waals surface area contributed by atoms with Crippen molar-refractivity contribution >= 4 is 28.2 Å². The van der Waals surface area contributed by atoms with Crippen molar-refractivity contribution in [3.05, 3.63) is 28.4 Å². The van der Waals surface area contributed by atoms with Gasteiger partial charge in [-0.25, -0.2) is 0 Å². The molecular formula is C15H18ClN3O. The summed E-state index contributed by atoms with van der Waals surface area (Å²) in [5.41, 5.74) is 6.84.